The number of anilines is 2. The van der Waals surface area contributed by atoms with Crippen molar-refractivity contribution in [3.05, 3.63) is 63.2 Å². The normalized spacial score (nSPS) is 14.4. The van der Waals surface area contributed by atoms with Crippen molar-refractivity contribution in [1.82, 2.24) is 0 Å². The minimum Gasteiger partial charge on any atom is -0.368 e. The molecule has 2 aromatic carbocycles. The van der Waals surface area contributed by atoms with E-state index < -0.39 is 4.92 Å². The number of hydrogen-bond acceptors (Lipinski definition) is 5. The van der Waals surface area contributed by atoms with Crippen LogP contribution in [0.1, 0.15) is 28.4 Å². The van der Waals surface area contributed by atoms with E-state index in [0.29, 0.717) is 24.3 Å². The number of nitro groups is 1. The van der Waals surface area contributed by atoms with Crippen molar-refractivity contribution >= 4 is 22.8 Å². The fourth-order valence-corrected chi connectivity index (χ4v) is 3.42. The third-order valence-electron chi connectivity index (χ3n) is 5.12. The lowest BCUT2D eigenvalue weighted by Crippen LogP contribution is -2.47. The molecule has 6 heteroatoms. The summed E-state index contributed by atoms with van der Waals surface area (Å²) in [7, 11) is 0. The number of nitro benzene ring substituents is 1. The van der Waals surface area contributed by atoms with Gasteiger partial charge in [0.15, 0.2) is 5.78 Å². The molecule has 1 heterocycles. The molecule has 2 aromatic rings. The molecule has 1 aliphatic heterocycles. The largest absolute Gasteiger partial charge is 0.368 e. The molecule has 136 valence electrons. The second-order valence-corrected chi connectivity index (χ2v) is 6.71. The van der Waals surface area contributed by atoms with Gasteiger partial charge in [-0.25, -0.2) is 0 Å². The number of benzene rings is 2. The molecule has 3 rings (SSSR count). The maximum absolute atomic E-state index is 11.5. The quantitative estimate of drug-likeness (QED) is 0.476. The summed E-state index contributed by atoms with van der Waals surface area (Å²) in [5.41, 5.74) is 4.72. The molecule has 0 amide bonds. The molecule has 0 radical (unpaired) electrons. The van der Waals surface area contributed by atoms with Crippen LogP contribution in [0.4, 0.5) is 17.1 Å². The van der Waals surface area contributed by atoms with E-state index >= 15 is 0 Å². The molecule has 1 fully saturated rings. The number of Topliss-reactive ketones (excluding diaryl/α,β-unsaturated/α-hetero) is 1. The van der Waals surface area contributed by atoms with Crippen molar-refractivity contribution in [1.29, 1.82) is 0 Å². The van der Waals surface area contributed by atoms with E-state index in [1.165, 1.54) is 29.8 Å². The van der Waals surface area contributed by atoms with Gasteiger partial charge in [-0.3, -0.25) is 14.9 Å². The van der Waals surface area contributed by atoms with Gasteiger partial charge in [-0.15, -0.1) is 0 Å². The van der Waals surface area contributed by atoms with Crippen molar-refractivity contribution in [2.75, 3.05) is 36.0 Å². The van der Waals surface area contributed by atoms with Crippen LogP contribution in [0, 0.1) is 24.0 Å². The SMILES string of the molecule is CC(=O)c1ccc(N2CCN(c3cccc(C)c3C)CC2)c([N+](=O)[O-])c1. The van der Waals surface area contributed by atoms with Crippen LogP contribution in [0.5, 0.6) is 0 Å². The number of piperazine rings is 1. The first kappa shape index (κ1) is 17.9. The first-order chi connectivity index (χ1) is 12.4. The summed E-state index contributed by atoms with van der Waals surface area (Å²) in [6.45, 7) is 8.66. The van der Waals surface area contributed by atoms with Crippen LogP contribution < -0.4 is 9.80 Å². The third kappa shape index (κ3) is 3.40. The number of nitrogens with zero attached hydrogens (tertiary/aromatic N) is 3. The van der Waals surface area contributed by atoms with Crippen LogP contribution in [0.2, 0.25) is 0 Å². The summed E-state index contributed by atoms with van der Waals surface area (Å²) in [4.78, 5) is 26.9. The summed E-state index contributed by atoms with van der Waals surface area (Å²) in [6.07, 6.45) is 0. The maximum Gasteiger partial charge on any atom is 0.293 e. The van der Waals surface area contributed by atoms with E-state index in [1.807, 2.05) is 4.90 Å². The van der Waals surface area contributed by atoms with Crippen LogP contribution in [0.15, 0.2) is 36.4 Å². The van der Waals surface area contributed by atoms with Gasteiger partial charge in [0.2, 0.25) is 0 Å². The standard InChI is InChI=1S/C20H23N3O3/c1-14-5-4-6-18(15(14)2)21-9-11-22(12-10-21)19-8-7-17(16(3)24)13-20(19)23(25)26/h4-8,13H,9-12H2,1-3H3. The maximum atomic E-state index is 11.5. The molecule has 1 aliphatic rings. The highest BCUT2D eigenvalue weighted by atomic mass is 16.6. The Hall–Kier alpha value is -2.89. The molecule has 0 bridgehead atoms. The first-order valence-electron chi connectivity index (χ1n) is 8.74. The van der Waals surface area contributed by atoms with Gasteiger partial charge in [-0.1, -0.05) is 12.1 Å². The van der Waals surface area contributed by atoms with Crippen molar-refractivity contribution in [2.24, 2.45) is 0 Å². The van der Waals surface area contributed by atoms with E-state index in [0.717, 1.165) is 13.1 Å². The monoisotopic (exact) mass is 353 g/mol. The average molecular weight is 353 g/mol. The van der Waals surface area contributed by atoms with E-state index in [2.05, 4.69) is 36.9 Å². The van der Waals surface area contributed by atoms with E-state index in [4.69, 9.17) is 0 Å². The topological polar surface area (TPSA) is 66.7 Å². The smallest absolute Gasteiger partial charge is 0.293 e. The van der Waals surface area contributed by atoms with Gasteiger partial charge in [0.1, 0.15) is 5.69 Å². The number of rotatable bonds is 4. The molecule has 0 spiro atoms. The number of hydrogen-bond donors (Lipinski definition) is 0. The first-order valence-corrected chi connectivity index (χ1v) is 8.74. The summed E-state index contributed by atoms with van der Waals surface area (Å²) >= 11 is 0. The lowest BCUT2D eigenvalue weighted by Gasteiger charge is -2.38. The Labute approximate surface area is 153 Å². The lowest BCUT2D eigenvalue weighted by atomic mass is 10.1. The molecule has 0 atom stereocenters. The summed E-state index contributed by atoms with van der Waals surface area (Å²) < 4.78 is 0. The average Bonchev–Trinajstić information content (AvgIpc) is 2.63. The number of carbonyl (C=O) groups is 1. The number of aryl methyl sites for hydroxylation is 1. The van der Waals surface area contributed by atoms with Crippen molar-refractivity contribution in [3.63, 3.8) is 0 Å². The zero-order valence-electron chi connectivity index (χ0n) is 15.4. The Bertz CT molecular complexity index is 855. The predicted molar refractivity (Wildman–Crippen MR) is 103 cm³/mol. The highest BCUT2D eigenvalue weighted by molar-refractivity contribution is 5.95. The number of carbonyl (C=O) groups excluding carboxylic acids is 1. The van der Waals surface area contributed by atoms with Gasteiger partial charge in [0, 0.05) is 43.5 Å². The molecule has 0 aliphatic carbocycles. The van der Waals surface area contributed by atoms with Crippen LogP contribution in [0.3, 0.4) is 0 Å². The predicted octanol–water partition coefficient (Wildman–Crippen LogP) is 3.74. The van der Waals surface area contributed by atoms with E-state index in [-0.39, 0.29) is 11.5 Å². The van der Waals surface area contributed by atoms with Gasteiger partial charge in [0.25, 0.3) is 5.69 Å². The van der Waals surface area contributed by atoms with Gasteiger partial charge in [0.05, 0.1) is 4.92 Å². The minimum absolute atomic E-state index is 0.00196. The minimum atomic E-state index is -0.404. The molecular formula is C20H23N3O3. The second kappa shape index (κ2) is 7.15. The van der Waals surface area contributed by atoms with Crippen LogP contribution >= 0.6 is 0 Å². The molecule has 0 N–H and O–H groups in total. The highest BCUT2D eigenvalue weighted by Gasteiger charge is 2.25. The zero-order chi connectivity index (χ0) is 18.8. The van der Waals surface area contributed by atoms with Gasteiger partial charge in [-0.2, -0.15) is 0 Å². The Morgan fingerprint density at radius 2 is 1.62 bits per heavy atom. The third-order valence-corrected chi connectivity index (χ3v) is 5.12. The van der Waals surface area contributed by atoms with E-state index in [1.54, 1.807) is 12.1 Å². The molecule has 1 saturated heterocycles. The Morgan fingerprint density at radius 1 is 1.00 bits per heavy atom. The summed E-state index contributed by atoms with van der Waals surface area (Å²) in [5, 5.41) is 11.5. The van der Waals surface area contributed by atoms with Gasteiger partial charge in [-0.05, 0) is 50.1 Å². The lowest BCUT2D eigenvalue weighted by molar-refractivity contribution is -0.384. The molecular weight excluding hydrogens is 330 g/mol. The van der Waals surface area contributed by atoms with E-state index in [9.17, 15) is 14.9 Å². The van der Waals surface area contributed by atoms with Crippen molar-refractivity contribution in [2.45, 2.75) is 20.8 Å². The second-order valence-electron chi connectivity index (χ2n) is 6.71. The van der Waals surface area contributed by atoms with Crippen molar-refractivity contribution in [3.8, 4) is 0 Å². The van der Waals surface area contributed by atoms with Crippen molar-refractivity contribution < 1.29 is 9.72 Å². The van der Waals surface area contributed by atoms with Crippen LogP contribution in [0.25, 0.3) is 0 Å². The summed E-state index contributed by atoms with van der Waals surface area (Å²) in [6, 6.07) is 11.0. The fraction of sp³-hybridized carbons (Fsp3) is 0.350. The zero-order valence-corrected chi connectivity index (χ0v) is 15.4. The Balaban J connectivity index is 1.81. The Morgan fingerprint density at radius 3 is 2.19 bits per heavy atom. The number of ketones is 1. The van der Waals surface area contributed by atoms with Crippen LogP contribution in [-0.2, 0) is 0 Å². The van der Waals surface area contributed by atoms with Gasteiger partial charge >= 0.3 is 0 Å². The molecule has 0 aromatic heterocycles. The van der Waals surface area contributed by atoms with Crippen LogP contribution in [-0.4, -0.2) is 36.9 Å². The molecule has 0 unspecified atom stereocenters. The van der Waals surface area contributed by atoms with Gasteiger partial charge < -0.3 is 9.80 Å². The molecule has 6 nitrogen and oxygen atoms in total. The summed E-state index contributed by atoms with van der Waals surface area (Å²) in [5.74, 6) is -0.167. The fourth-order valence-electron chi connectivity index (χ4n) is 3.42. The Kier molecular flexibility index (Phi) is 4.93. The molecule has 26 heavy (non-hydrogen) atoms. The molecule has 0 saturated carbocycles. The highest BCUT2D eigenvalue weighted by Crippen LogP contribution is 2.31.